The van der Waals surface area contributed by atoms with E-state index in [9.17, 15) is 24.6 Å². The van der Waals surface area contributed by atoms with Gasteiger partial charge in [0.05, 0.1) is 6.04 Å². The molecule has 2 rings (SSSR count). The number of phenols is 2. The third kappa shape index (κ3) is 7.28. The summed E-state index contributed by atoms with van der Waals surface area (Å²) in [4.78, 5) is 37.4. The number of hydrogen-bond acceptors (Lipinski definition) is 6. The highest BCUT2D eigenvalue weighted by Crippen LogP contribution is 2.13. The second-order valence-electron chi connectivity index (χ2n) is 8.04. The molecule has 0 aliphatic heterocycles. The number of carbonyl (C=O) groups excluding carboxylic acids is 3. The van der Waals surface area contributed by atoms with Crippen LogP contribution >= 0.6 is 0 Å². The summed E-state index contributed by atoms with van der Waals surface area (Å²) in [7, 11) is 0. The predicted octanol–water partition coefficient (Wildman–Crippen LogP) is 0.321. The zero-order valence-electron chi connectivity index (χ0n) is 18.1. The lowest BCUT2D eigenvalue weighted by Crippen LogP contribution is -2.57. The molecule has 0 fully saturated rings. The highest BCUT2D eigenvalue weighted by atomic mass is 16.3. The largest absolute Gasteiger partial charge is 0.508 e. The SMILES string of the molecule is CC(C)[C@H](NC(=O)[C@H](Cc1ccc(O)cc1)NC(=O)[C@@H](N)Cc1ccc(O)cc1)C(N)=O. The van der Waals surface area contributed by atoms with Crippen LogP contribution in [0.1, 0.15) is 25.0 Å². The molecule has 9 heteroatoms. The van der Waals surface area contributed by atoms with Crippen molar-refractivity contribution in [2.45, 2.75) is 44.8 Å². The molecule has 0 aliphatic carbocycles. The van der Waals surface area contributed by atoms with Gasteiger partial charge in [0.25, 0.3) is 0 Å². The first-order valence-corrected chi connectivity index (χ1v) is 10.3. The molecule has 0 spiro atoms. The number of amides is 3. The number of benzene rings is 2. The number of nitrogens with one attached hydrogen (secondary N) is 2. The number of rotatable bonds is 10. The van der Waals surface area contributed by atoms with Crippen LogP contribution in [-0.4, -0.2) is 46.1 Å². The molecule has 3 atom stereocenters. The molecular formula is C23H30N4O5. The van der Waals surface area contributed by atoms with Crippen molar-refractivity contribution in [2.75, 3.05) is 0 Å². The molecule has 0 aliphatic rings. The number of primary amides is 1. The first-order valence-electron chi connectivity index (χ1n) is 10.3. The van der Waals surface area contributed by atoms with Gasteiger partial charge in [0.1, 0.15) is 23.6 Å². The lowest BCUT2D eigenvalue weighted by atomic mass is 10.0. The maximum absolute atomic E-state index is 12.9. The maximum atomic E-state index is 12.9. The van der Waals surface area contributed by atoms with E-state index in [0.29, 0.717) is 5.56 Å². The third-order valence-electron chi connectivity index (χ3n) is 5.01. The monoisotopic (exact) mass is 442 g/mol. The van der Waals surface area contributed by atoms with Crippen molar-refractivity contribution in [1.82, 2.24) is 10.6 Å². The maximum Gasteiger partial charge on any atom is 0.243 e. The fourth-order valence-corrected chi connectivity index (χ4v) is 3.15. The molecule has 2 aromatic carbocycles. The molecule has 0 radical (unpaired) electrons. The van der Waals surface area contributed by atoms with Crippen molar-refractivity contribution in [3.63, 3.8) is 0 Å². The van der Waals surface area contributed by atoms with Crippen LogP contribution in [0.5, 0.6) is 11.5 Å². The molecule has 172 valence electrons. The van der Waals surface area contributed by atoms with Crippen LogP contribution in [0.4, 0.5) is 0 Å². The van der Waals surface area contributed by atoms with Gasteiger partial charge in [-0.15, -0.1) is 0 Å². The van der Waals surface area contributed by atoms with Crippen LogP contribution < -0.4 is 22.1 Å². The van der Waals surface area contributed by atoms with Crippen LogP contribution in [0, 0.1) is 5.92 Å². The highest BCUT2D eigenvalue weighted by molar-refractivity contribution is 5.93. The van der Waals surface area contributed by atoms with Gasteiger partial charge in [0.15, 0.2) is 0 Å². The molecule has 0 saturated carbocycles. The zero-order chi connectivity index (χ0) is 23.8. The number of aromatic hydroxyl groups is 2. The molecule has 0 heterocycles. The quantitative estimate of drug-likeness (QED) is 0.310. The summed E-state index contributed by atoms with van der Waals surface area (Å²) in [6, 6.07) is 9.67. The van der Waals surface area contributed by atoms with Gasteiger partial charge in [-0.3, -0.25) is 14.4 Å². The average molecular weight is 443 g/mol. The molecule has 9 nitrogen and oxygen atoms in total. The molecule has 0 unspecified atom stereocenters. The summed E-state index contributed by atoms with van der Waals surface area (Å²) < 4.78 is 0. The normalized spacial score (nSPS) is 13.8. The standard InChI is InChI=1S/C23H30N4O5/c1-13(2)20(21(25)30)27-23(32)19(12-15-5-9-17(29)10-6-15)26-22(31)18(24)11-14-3-7-16(28)8-4-14/h3-10,13,18-20,28-29H,11-12,24H2,1-2H3,(H2,25,30)(H,26,31)(H,27,32)/t18-,19-,20-/m0/s1. The number of carbonyl (C=O) groups is 3. The van der Waals surface area contributed by atoms with Crippen LogP contribution in [-0.2, 0) is 27.2 Å². The van der Waals surface area contributed by atoms with Crippen molar-refractivity contribution in [2.24, 2.45) is 17.4 Å². The lowest BCUT2D eigenvalue weighted by Gasteiger charge is -2.25. The minimum Gasteiger partial charge on any atom is -0.508 e. The minimum atomic E-state index is -1.02. The van der Waals surface area contributed by atoms with Gasteiger partial charge in [-0.2, -0.15) is 0 Å². The molecule has 0 saturated heterocycles. The first kappa shape index (κ1) is 24.7. The van der Waals surface area contributed by atoms with Gasteiger partial charge in [0.2, 0.25) is 17.7 Å². The van der Waals surface area contributed by atoms with E-state index in [1.807, 2.05) is 0 Å². The Balaban J connectivity index is 2.15. The Morgan fingerprint density at radius 1 is 0.812 bits per heavy atom. The fourth-order valence-electron chi connectivity index (χ4n) is 3.15. The van der Waals surface area contributed by atoms with Crippen molar-refractivity contribution in [1.29, 1.82) is 0 Å². The molecule has 8 N–H and O–H groups in total. The second-order valence-corrected chi connectivity index (χ2v) is 8.04. The Morgan fingerprint density at radius 3 is 1.72 bits per heavy atom. The number of nitrogens with two attached hydrogens (primary N) is 2. The van der Waals surface area contributed by atoms with Crippen molar-refractivity contribution >= 4 is 17.7 Å². The van der Waals surface area contributed by atoms with E-state index in [-0.39, 0.29) is 30.3 Å². The molecular weight excluding hydrogens is 412 g/mol. The number of phenolic OH excluding ortho intramolecular Hbond substituents is 2. The Bertz CT molecular complexity index is 928. The molecule has 0 bridgehead atoms. The minimum absolute atomic E-state index is 0.0725. The van der Waals surface area contributed by atoms with E-state index in [4.69, 9.17) is 11.5 Å². The Hall–Kier alpha value is -3.59. The van der Waals surface area contributed by atoms with Gasteiger partial charge >= 0.3 is 0 Å². The summed E-state index contributed by atoms with van der Waals surface area (Å²) in [6.45, 7) is 3.49. The highest BCUT2D eigenvalue weighted by Gasteiger charge is 2.29. The topological polar surface area (TPSA) is 168 Å². The molecule has 32 heavy (non-hydrogen) atoms. The summed E-state index contributed by atoms with van der Waals surface area (Å²) in [5, 5.41) is 24.1. The van der Waals surface area contributed by atoms with Crippen molar-refractivity contribution < 1.29 is 24.6 Å². The van der Waals surface area contributed by atoms with Crippen molar-refractivity contribution in [3.8, 4) is 11.5 Å². The van der Waals surface area contributed by atoms with Gasteiger partial charge in [-0.05, 0) is 47.7 Å². The van der Waals surface area contributed by atoms with E-state index >= 15 is 0 Å². The molecule has 0 aromatic heterocycles. The lowest BCUT2D eigenvalue weighted by molar-refractivity contribution is -0.132. The van der Waals surface area contributed by atoms with Gasteiger partial charge in [-0.1, -0.05) is 38.1 Å². The summed E-state index contributed by atoms with van der Waals surface area (Å²) in [5.41, 5.74) is 12.9. The molecule has 2 aromatic rings. The third-order valence-corrected chi connectivity index (χ3v) is 5.01. The zero-order valence-corrected chi connectivity index (χ0v) is 18.1. The van der Waals surface area contributed by atoms with Gasteiger partial charge < -0.3 is 32.3 Å². The second kappa shape index (κ2) is 11.1. The summed E-state index contributed by atoms with van der Waals surface area (Å²) >= 11 is 0. The van der Waals surface area contributed by atoms with Gasteiger partial charge in [-0.25, -0.2) is 0 Å². The predicted molar refractivity (Wildman–Crippen MR) is 119 cm³/mol. The van der Waals surface area contributed by atoms with Crippen LogP contribution in [0.15, 0.2) is 48.5 Å². The Morgan fingerprint density at radius 2 is 1.28 bits per heavy atom. The smallest absolute Gasteiger partial charge is 0.243 e. The Kier molecular flexibility index (Phi) is 8.60. The van der Waals surface area contributed by atoms with Crippen LogP contribution in [0.25, 0.3) is 0 Å². The first-order chi connectivity index (χ1) is 15.1. The van der Waals surface area contributed by atoms with E-state index in [1.165, 1.54) is 24.3 Å². The van der Waals surface area contributed by atoms with E-state index in [2.05, 4.69) is 10.6 Å². The van der Waals surface area contributed by atoms with E-state index < -0.39 is 35.8 Å². The van der Waals surface area contributed by atoms with Crippen molar-refractivity contribution in [3.05, 3.63) is 59.7 Å². The van der Waals surface area contributed by atoms with Crippen LogP contribution in [0.3, 0.4) is 0 Å². The summed E-state index contributed by atoms with van der Waals surface area (Å²) in [6.07, 6.45) is 0.322. The number of hydrogen-bond donors (Lipinski definition) is 6. The van der Waals surface area contributed by atoms with Gasteiger partial charge in [0, 0.05) is 6.42 Å². The fraction of sp³-hybridized carbons (Fsp3) is 0.348. The molecule has 3 amide bonds. The summed E-state index contributed by atoms with van der Waals surface area (Å²) in [5.74, 6) is -1.85. The van der Waals surface area contributed by atoms with E-state index in [1.54, 1.807) is 38.1 Å². The van der Waals surface area contributed by atoms with Crippen LogP contribution in [0.2, 0.25) is 0 Å². The van der Waals surface area contributed by atoms with E-state index in [0.717, 1.165) is 5.56 Å². The average Bonchev–Trinajstić information content (AvgIpc) is 2.73. The Labute approximate surface area is 186 Å².